The van der Waals surface area contributed by atoms with Crippen LogP contribution in [0.2, 0.25) is 0 Å². The fraction of sp³-hybridized carbons (Fsp3) is 0.250. The molecule has 1 heterocycles. The van der Waals surface area contributed by atoms with Gasteiger partial charge in [0.25, 0.3) is 0 Å². The molecule has 2 rings (SSSR count). The second-order valence-electron chi connectivity index (χ2n) is 3.87. The topological polar surface area (TPSA) is 80.9 Å². The lowest BCUT2D eigenvalue weighted by Gasteiger charge is -2.09. The molecule has 2 aromatic rings. The fourth-order valence-corrected chi connectivity index (χ4v) is 2.91. The van der Waals surface area contributed by atoms with Gasteiger partial charge in [0, 0.05) is 23.5 Å². The monoisotopic (exact) mass is 294 g/mol. The largest absolute Gasteiger partial charge is 0.398 e. The van der Waals surface area contributed by atoms with E-state index in [9.17, 15) is 4.79 Å². The molecule has 0 spiro atoms. The number of carbonyl (C=O) groups is 1. The summed E-state index contributed by atoms with van der Waals surface area (Å²) in [6.07, 6.45) is 1.95. The maximum atomic E-state index is 11.8. The molecule has 0 aliphatic heterocycles. The van der Waals surface area contributed by atoms with Crippen molar-refractivity contribution in [2.24, 2.45) is 0 Å². The molecule has 7 heteroatoms. The molecule has 0 aliphatic carbocycles. The molecule has 0 saturated carbocycles. The summed E-state index contributed by atoms with van der Waals surface area (Å²) in [5.41, 5.74) is 8.14. The van der Waals surface area contributed by atoms with Crippen molar-refractivity contribution in [1.82, 2.24) is 9.36 Å². The lowest BCUT2D eigenvalue weighted by molar-refractivity contribution is -0.115. The van der Waals surface area contributed by atoms with Crippen molar-refractivity contribution in [2.45, 2.75) is 17.7 Å². The molecule has 0 radical (unpaired) electrons. The predicted molar refractivity (Wildman–Crippen MR) is 79.5 cm³/mol. The lowest BCUT2D eigenvalue weighted by atomic mass is 10.1. The third-order valence-corrected chi connectivity index (χ3v) is 4.34. The minimum atomic E-state index is -0.0225. The molecule has 5 nitrogen and oxygen atoms in total. The third kappa shape index (κ3) is 3.93. The van der Waals surface area contributed by atoms with E-state index in [-0.39, 0.29) is 5.91 Å². The number of anilines is 2. The lowest BCUT2D eigenvalue weighted by Crippen LogP contribution is -2.13. The minimum absolute atomic E-state index is 0.0225. The second kappa shape index (κ2) is 6.53. The summed E-state index contributed by atoms with van der Waals surface area (Å²) in [4.78, 5) is 15.9. The average molecular weight is 294 g/mol. The Morgan fingerprint density at radius 3 is 3.11 bits per heavy atom. The number of hydrogen-bond donors (Lipinski definition) is 2. The van der Waals surface area contributed by atoms with Gasteiger partial charge in [-0.05, 0) is 36.2 Å². The van der Waals surface area contributed by atoms with Crippen LogP contribution in [-0.4, -0.2) is 21.0 Å². The number of rotatable bonds is 5. The van der Waals surface area contributed by atoms with Crippen LogP contribution in [0.3, 0.4) is 0 Å². The number of aromatic nitrogens is 2. The van der Waals surface area contributed by atoms with Crippen molar-refractivity contribution < 1.29 is 4.79 Å². The summed E-state index contributed by atoms with van der Waals surface area (Å²) < 4.78 is 4.79. The standard InChI is InChI=1S/C12H14N4OS2/c1-8-9(13)3-2-4-10(8)16-11(17)5-6-18-12-14-7-15-19-12/h2-4,7H,5-6,13H2,1H3,(H,16,17). The summed E-state index contributed by atoms with van der Waals surface area (Å²) in [7, 11) is 0. The summed E-state index contributed by atoms with van der Waals surface area (Å²) in [6.45, 7) is 1.89. The fourth-order valence-electron chi connectivity index (χ4n) is 1.46. The van der Waals surface area contributed by atoms with Gasteiger partial charge in [0.05, 0.1) is 0 Å². The van der Waals surface area contributed by atoms with Crippen LogP contribution in [-0.2, 0) is 4.79 Å². The van der Waals surface area contributed by atoms with Crippen molar-refractivity contribution in [3.8, 4) is 0 Å². The summed E-state index contributed by atoms with van der Waals surface area (Å²) >= 11 is 2.87. The van der Waals surface area contributed by atoms with E-state index in [1.807, 2.05) is 25.1 Å². The number of benzene rings is 1. The highest BCUT2D eigenvalue weighted by Crippen LogP contribution is 2.22. The first-order chi connectivity index (χ1) is 9.16. The molecule has 100 valence electrons. The number of nitrogen functional groups attached to an aromatic ring is 1. The molecule has 0 atom stereocenters. The molecule has 1 amide bonds. The van der Waals surface area contributed by atoms with Crippen LogP contribution >= 0.6 is 23.3 Å². The van der Waals surface area contributed by atoms with E-state index in [2.05, 4.69) is 14.7 Å². The molecular formula is C12H14N4OS2. The number of nitrogens with zero attached hydrogens (tertiary/aromatic N) is 2. The van der Waals surface area contributed by atoms with Gasteiger partial charge in [0.1, 0.15) is 6.33 Å². The zero-order chi connectivity index (χ0) is 13.7. The van der Waals surface area contributed by atoms with E-state index in [1.165, 1.54) is 29.6 Å². The van der Waals surface area contributed by atoms with E-state index in [1.54, 1.807) is 0 Å². The second-order valence-corrected chi connectivity index (χ2v) is 6.00. The molecule has 0 unspecified atom stereocenters. The van der Waals surface area contributed by atoms with Gasteiger partial charge < -0.3 is 11.1 Å². The Morgan fingerprint density at radius 2 is 2.37 bits per heavy atom. The van der Waals surface area contributed by atoms with E-state index < -0.39 is 0 Å². The van der Waals surface area contributed by atoms with Gasteiger partial charge >= 0.3 is 0 Å². The van der Waals surface area contributed by atoms with Crippen LogP contribution in [0.4, 0.5) is 11.4 Å². The highest BCUT2D eigenvalue weighted by molar-refractivity contribution is 8.00. The molecule has 0 aliphatic rings. The SMILES string of the molecule is Cc1c(N)cccc1NC(=O)CCSc1ncns1. The number of nitrogens with two attached hydrogens (primary N) is 1. The Bertz CT molecular complexity index is 557. The van der Waals surface area contributed by atoms with Crippen LogP contribution in [0.25, 0.3) is 0 Å². The number of carbonyl (C=O) groups excluding carboxylic acids is 1. The van der Waals surface area contributed by atoms with Crippen LogP contribution in [0.15, 0.2) is 28.9 Å². The van der Waals surface area contributed by atoms with Gasteiger partial charge in [-0.15, -0.1) is 0 Å². The summed E-state index contributed by atoms with van der Waals surface area (Å²) in [5, 5.41) is 2.87. The van der Waals surface area contributed by atoms with Gasteiger partial charge in [-0.25, -0.2) is 4.98 Å². The number of nitrogens with one attached hydrogen (secondary N) is 1. The van der Waals surface area contributed by atoms with Gasteiger partial charge in [-0.2, -0.15) is 4.37 Å². The van der Waals surface area contributed by atoms with Gasteiger partial charge in [0.15, 0.2) is 4.34 Å². The smallest absolute Gasteiger partial charge is 0.225 e. The molecule has 19 heavy (non-hydrogen) atoms. The maximum absolute atomic E-state index is 11.8. The van der Waals surface area contributed by atoms with Crippen LogP contribution in [0, 0.1) is 6.92 Å². The molecule has 0 fully saturated rings. The summed E-state index contributed by atoms with van der Waals surface area (Å²) in [6, 6.07) is 5.49. The average Bonchev–Trinajstić information content (AvgIpc) is 2.88. The van der Waals surface area contributed by atoms with Gasteiger partial charge in [0.2, 0.25) is 5.91 Å². The number of thioether (sulfide) groups is 1. The molecule has 0 saturated heterocycles. The number of hydrogen-bond acceptors (Lipinski definition) is 6. The first-order valence-electron chi connectivity index (χ1n) is 5.71. The Morgan fingerprint density at radius 1 is 1.53 bits per heavy atom. The van der Waals surface area contributed by atoms with Crippen molar-refractivity contribution in [3.63, 3.8) is 0 Å². The van der Waals surface area contributed by atoms with Gasteiger partial charge in [-0.3, -0.25) is 4.79 Å². The van der Waals surface area contributed by atoms with Crippen molar-refractivity contribution in [3.05, 3.63) is 30.1 Å². The summed E-state index contributed by atoms with van der Waals surface area (Å²) in [5.74, 6) is 0.660. The normalized spacial score (nSPS) is 10.4. The zero-order valence-corrected chi connectivity index (χ0v) is 12.1. The molecule has 3 N–H and O–H groups in total. The van der Waals surface area contributed by atoms with E-state index in [4.69, 9.17) is 5.73 Å². The Hall–Kier alpha value is -1.60. The molecule has 0 bridgehead atoms. The first kappa shape index (κ1) is 13.8. The zero-order valence-electron chi connectivity index (χ0n) is 10.4. The van der Waals surface area contributed by atoms with Crippen molar-refractivity contribution in [2.75, 3.05) is 16.8 Å². The van der Waals surface area contributed by atoms with E-state index in [0.29, 0.717) is 17.9 Å². The Kier molecular flexibility index (Phi) is 4.75. The molecule has 1 aromatic heterocycles. The molecule has 1 aromatic carbocycles. The Labute approximate surface area is 119 Å². The van der Waals surface area contributed by atoms with Crippen molar-refractivity contribution >= 4 is 40.6 Å². The van der Waals surface area contributed by atoms with Crippen LogP contribution in [0.1, 0.15) is 12.0 Å². The highest BCUT2D eigenvalue weighted by Gasteiger charge is 2.07. The maximum Gasteiger partial charge on any atom is 0.225 e. The molecular weight excluding hydrogens is 280 g/mol. The van der Waals surface area contributed by atoms with E-state index >= 15 is 0 Å². The predicted octanol–water partition coefficient (Wildman–Crippen LogP) is 2.55. The van der Waals surface area contributed by atoms with Gasteiger partial charge in [-0.1, -0.05) is 17.8 Å². The highest BCUT2D eigenvalue weighted by atomic mass is 32.2. The van der Waals surface area contributed by atoms with Crippen LogP contribution in [0.5, 0.6) is 0 Å². The van der Waals surface area contributed by atoms with E-state index in [0.717, 1.165) is 15.6 Å². The quantitative estimate of drug-likeness (QED) is 0.654. The number of amides is 1. The first-order valence-corrected chi connectivity index (χ1v) is 7.47. The minimum Gasteiger partial charge on any atom is -0.398 e. The van der Waals surface area contributed by atoms with Crippen molar-refractivity contribution in [1.29, 1.82) is 0 Å². The third-order valence-electron chi connectivity index (χ3n) is 2.55. The Balaban J connectivity index is 1.82. The van der Waals surface area contributed by atoms with Crippen LogP contribution < -0.4 is 11.1 Å².